The van der Waals surface area contributed by atoms with Crippen LogP contribution in [0.3, 0.4) is 0 Å². The number of sulfone groups is 1. The maximum absolute atomic E-state index is 11.9. The normalized spacial score (nSPS) is 19.3. The van der Waals surface area contributed by atoms with E-state index < -0.39 is 9.84 Å². The molecule has 1 atom stereocenters. The van der Waals surface area contributed by atoms with Gasteiger partial charge in [-0.2, -0.15) is 5.10 Å². The van der Waals surface area contributed by atoms with Crippen molar-refractivity contribution in [3.8, 4) is 17.2 Å². The van der Waals surface area contributed by atoms with Crippen LogP contribution in [0, 0.1) is 0 Å². The van der Waals surface area contributed by atoms with E-state index >= 15 is 0 Å². The number of pyridine rings is 1. The zero-order chi connectivity index (χ0) is 17.4. The van der Waals surface area contributed by atoms with Gasteiger partial charge >= 0.3 is 0 Å². The molecule has 0 radical (unpaired) electrons. The van der Waals surface area contributed by atoms with Gasteiger partial charge in [-0.05, 0) is 18.6 Å². The summed E-state index contributed by atoms with van der Waals surface area (Å²) in [7, 11) is -3.01. The van der Waals surface area contributed by atoms with Gasteiger partial charge in [0.05, 0.1) is 17.5 Å². The van der Waals surface area contributed by atoms with Crippen LogP contribution < -0.4 is 0 Å². The van der Waals surface area contributed by atoms with E-state index in [9.17, 15) is 8.42 Å². The van der Waals surface area contributed by atoms with Crippen molar-refractivity contribution < 1.29 is 8.42 Å². The summed E-state index contributed by atoms with van der Waals surface area (Å²) in [6, 6.07) is 3.53. The van der Waals surface area contributed by atoms with Gasteiger partial charge in [-0.25, -0.2) is 23.1 Å². The van der Waals surface area contributed by atoms with Crippen molar-refractivity contribution in [2.75, 3.05) is 11.5 Å². The third kappa shape index (κ3) is 3.04. The standard InChI is InChI=1S/C15H17N7O2S/c1-2-13-19-15(22(20-13)12-4-6-25(23,24)8-12)11-3-5-16-14(7-11)21-9-17-18-10-21/h3,5,7,9-10,12H,2,4,6,8H2,1H3/t12-/m0/s1. The maximum Gasteiger partial charge on any atom is 0.158 e. The Labute approximate surface area is 144 Å². The molecule has 1 aliphatic rings. The Morgan fingerprint density at radius 1 is 1.28 bits per heavy atom. The molecule has 0 N–H and O–H groups in total. The molecule has 1 aliphatic heterocycles. The molecule has 1 fully saturated rings. The predicted octanol–water partition coefficient (Wildman–Crippen LogP) is 0.843. The molecular weight excluding hydrogens is 342 g/mol. The largest absolute Gasteiger partial charge is 0.272 e. The molecule has 25 heavy (non-hydrogen) atoms. The SMILES string of the molecule is CCc1nc(-c2ccnc(-n3cnnc3)c2)n([C@H]2CCS(=O)(=O)C2)n1. The molecule has 4 heterocycles. The lowest BCUT2D eigenvalue weighted by Crippen LogP contribution is -2.14. The Morgan fingerprint density at radius 3 is 2.76 bits per heavy atom. The topological polar surface area (TPSA) is 108 Å². The van der Waals surface area contributed by atoms with Crippen LogP contribution in [0.25, 0.3) is 17.2 Å². The van der Waals surface area contributed by atoms with Gasteiger partial charge in [0.2, 0.25) is 0 Å². The van der Waals surface area contributed by atoms with E-state index in [0.717, 1.165) is 5.56 Å². The van der Waals surface area contributed by atoms with E-state index in [1.54, 1.807) is 28.1 Å². The van der Waals surface area contributed by atoms with Gasteiger partial charge in [-0.3, -0.25) is 4.57 Å². The van der Waals surface area contributed by atoms with E-state index in [0.29, 0.717) is 30.3 Å². The first-order chi connectivity index (χ1) is 12.1. The number of aromatic nitrogens is 7. The summed E-state index contributed by atoms with van der Waals surface area (Å²) < 4.78 is 27.2. The smallest absolute Gasteiger partial charge is 0.158 e. The zero-order valence-corrected chi connectivity index (χ0v) is 14.5. The second-order valence-corrected chi connectivity index (χ2v) is 8.21. The van der Waals surface area contributed by atoms with Crippen LogP contribution in [-0.2, 0) is 16.3 Å². The molecule has 0 saturated carbocycles. The Kier molecular flexibility index (Phi) is 3.83. The molecule has 3 aromatic rings. The molecule has 0 aliphatic carbocycles. The van der Waals surface area contributed by atoms with Crippen molar-refractivity contribution in [2.45, 2.75) is 25.8 Å². The van der Waals surface area contributed by atoms with Crippen molar-refractivity contribution >= 4 is 9.84 Å². The Morgan fingerprint density at radius 2 is 2.08 bits per heavy atom. The van der Waals surface area contributed by atoms with Crippen LogP contribution in [0.4, 0.5) is 0 Å². The van der Waals surface area contributed by atoms with Crippen molar-refractivity contribution in [2.24, 2.45) is 0 Å². The minimum absolute atomic E-state index is 0.107. The molecule has 3 aromatic heterocycles. The lowest BCUT2D eigenvalue weighted by molar-refractivity contribution is 0.500. The summed E-state index contributed by atoms with van der Waals surface area (Å²) in [5, 5.41) is 12.1. The van der Waals surface area contributed by atoms with Gasteiger partial charge in [-0.1, -0.05) is 6.92 Å². The molecule has 0 unspecified atom stereocenters. The number of rotatable bonds is 4. The molecule has 4 rings (SSSR count). The summed E-state index contributed by atoms with van der Waals surface area (Å²) in [5.41, 5.74) is 0.829. The fourth-order valence-electron chi connectivity index (χ4n) is 2.95. The number of nitrogens with zero attached hydrogens (tertiary/aromatic N) is 7. The van der Waals surface area contributed by atoms with Crippen LogP contribution in [0.2, 0.25) is 0 Å². The molecule has 0 amide bonds. The van der Waals surface area contributed by atoms with Crippen LogP contribution in [0.15, 0.2) is 31.0 Å². The Hall–Kier alpha value is -2.62. The Bertz CT molecular complexity index is 995. The maximum atomic E-state index is 11.9. The molecule has 0 aromatic carbocycles. The van der Waals surface area contributed by atoms with Crippen LogP contribution in [-0.4, -0.2) is 54.4 Å². The third-order valence-electron chi connectivity index (χ3n) is 4.23. The molecule has 10 heteroatoms. The zero-order valence-electron chi connectivity index (χ0n) is 13.6. The second-order valence-electron chi connectivity index (χ2n) is 5.98. The van der Waals surface area contributed by atoms with E-state index in [4.69, 9.17) is 0 Å². The molecule has 130 valence electrons. The van der Waals surface area contributed by atoms with Gasteiger partial charge in [0.25, 0.3) is 0 Å². The molecular formula is C15H17N7O2S. The monoisotopic (exact) mass is 359 g/mol. The number of hydrogen-bond acceptors (Lipinski definition) is 7. The summed E-state index contributed by atoms with van der Waals surface area (Å²) >= 11 is 0. The molecule has 0 bridgehead atoms. The van der Waals surface area contributed by atoms with E-state index in [-0.39, 0.29) is 17.5 Å². The highest BCUT2D eigenvalue weighted by Gasteiger charge is 2.32. The Balaban J connectivity index is 1.78. The highest BCUT2D eigenvalue weighted by atomic mass is 32.2. The summed E-state index contributed by atoms with van der Waals surface area (Å²) in [6.07, 6.45) is 6.06. The van der Waals surface area contributed by atoms with E-state index in [1.165, 1.54) is 0 Å². The highest BCUT2D eigenvalue weighted by molar-refractivity contribution is 7.91. The molecule has 1 saturated heterocycles. The van der Waals surface area contributed by atoms with Gasteiger partial charge in [0.1, 0.15) is 18.5 Å². The molecule has 0 spiro atoms. The average molecular weight is 359 g/mol. The summed E-state index contributed by atoms with van der Waals surface area (Å²) in [4.78, 5) is 8.92. The predicted molar refractivity (Wildman–Crippen MR) is 89.9 cm³/mol. The van der Waals surface area contributed by atoms with Crippen molar-refractivity contribution in [1.29, 1.82) is 0 Å². The van der Waals surface area contributed by atoms with Crippen LogP contribution in [0.5, 0.6) is 0 Å². The number of hydrogen-bond donors (Lipinski definition) is 0. The van der Waals surface area contributed by atoms with E-state index in [2.05, 4.69) is 25.3 Å². The van der Waals surface area contributed by atoms with Crippen molar-refractivity contribution in [3.05, 3.63) is 36.8 Å². The lowest BCUT2D eigenvalue weighted by Gasteiger charge is -2.12. The number of aryl methyl sites for hydroxylation is 1. The molecule has 9 nitrogen and oxygen atoms in total. The summed E-state index contributed by atoms with van der Waals surface area (Å²) in [5.74, 6) is 2.32. The minimum atomic E-state index is -3.01. The first kappa shape index (κ1) is 15.9. The first-order valence-electron chi connectivity index (χ1n) is 8.03. The fourth-order valence-corrected chi connectivity index (χ4v) is 4.65. The highest BCUT2D eigenvalue weighted by Crippen LogP contribution is 2.28. The van der Waals surface area contributed by atoms with Crippen molar-refractivity contribution in [3.63, 3.8) is 0 Å². The van der Waals surface area contributed by atoms with Gasteiger partial charge in [0, 0.05) is 18.2 Å². The third-order valence-corrected chi connectivity index (χ3v) is 5.98. The van der Waals surface area contributed by atoms with E-state index in [1.807, 2.05) is 19.1 Å². The average Bonchev–Trinajstić information content (AvgIpc) is 3.34. The van der Waals surface area contributed by atoms with Gasteiger partial charge in [0.15, 0.2) is 21.5 Å². The first-order valence-corrected chi connectivity index (χ1v) is 9.85. The minimum Gasteiger partial charge on any atom is -0.272 e. The lowest BCUT2D eigenvalue weighted by atomic mass is 10.2. The fraction of sp³-hybridized carbons (Fsp3) is 0.400. The van der Waals surface area contributed by atoms with Crippen molar-refractivity contribution in [1.82, 2.24) is 34.5 Å². The van der Waals surface area contributed by atoms with Gasteiger partial charge in [-0.15, -0.1) is 10.2 Å². The second kappa shape index (κ2) is 6.03. The summed E-state index contributed by atoms with van der Waals surface area (Å²) in [6.45, 7) is 1.98. The van der Waals surface area contributed by atoms with Gasteiger partial charge < -0.3 is 0 Å². The quantitative estimate of drug-likeness (QED) is 0.679. The van der Waals surface area contributed by atoms with Crippen LogP contribution in [0.1, 0.15) is 25.2 Å². The van der Waals surface area contributed by atoms with Crippen LogP contribution >= 0.6 is 0 Å².